The van der Waals surface area contributed by atoms with E-state index in [4.69, 9.17) is 11.6 Å². The van der Waals surface area contributed by atoms with Gasteiger partial charge in [0, 0.05) is 34.6 Å². The summed E-state index contributed by atoms with van der Waals surface area (Å²) in [6, 6.07) is 11.3. The second kappa shape index (κ2) is 5.89. The highest BCUT2D eigenvalue weighted by molar-refractivity contribution is 6.31. The van der Waals surface area contributed by atoms with E-state index in [-0.39, 0.29) is 0 Å². The van der Waals surface area contributed by atoms with Crippen LogP contribution in [-0.2, 0) is 0 Å². The van der Waals surface area contributed by atoms with Crippen LogP contribution in [0.15, 0.2) is 60.1 Å². The van der Waals surface area contributed by atoms with E-state index in [2.05, 4.69) is 20.5 Å². The Morgan fingerprint density at radius 3 is 2.90 bits per heavy atom. The predicted octanol–water partition coefficient (Wildman–Crippen LogP) is 4.12. The van der Waals surface area contributed by atoms with Gasteiger partial charge in [0.15, 0.2) is 0 Å². The van der Waals surface area contributed by atoms with Crippen LogP contribution in [0.5, 0.6) is 0 Å². The molecule has 0 atom stereocenters. The maximum atomic E-state index is 5.98. The van der Waals surface area contributed by atoms with Crippen molar-refractivity contribution >= 4 is 33.9 Å². The summed E-state index contributed by atoms with van der Waals surface area (Å²) in [5.41, 5.74) is 6.65. The zero-order valence-electron chi connectivity index (χ0n) is 11.4. The Morgan fingerprint density at radius 1 is 1.19 bits per heavy atom. The number of aromatic nitrogens is 2. The second-order valence-electron chi connectivity index (χ2n) is 4.57. The molecule has 21 heavy (non-hydrogen) atoms. The first-order chi connectivity index (χ1) is 10.2. The molecule has 3 aromatic rings. The van der Waals surface area contributed by atoms with Crippen LogP contribution in [0.1, 0.15) is 12.5 Å². The Kier molecular flexibility index (Phi) is 3.79. The zero-order chi connectivity index (χ0) is 14.7. The van der Waals surface area contributed by atoms with Crippen LogP contribution in [0.4, 0.5) is 5.69 Å². The third kappa shape index (κ3) is 3.01. The number of fused-ring (bicyclic) bond motifs is 1. The monoisotopic (exact) mass is 296 g/mol. The van der Waals surface area contributed by atoms with Gasteiger partial charge in [-0.25, -0.2) is 0 Å². The van der Waals surface area contributed by atoms with Crippen LogP contribution in [-0.4, -0.2) is 15.7 Å². The largest absolute Gasteiger partial charge is 0.277 e. The van der Waals surface area contributed by atoms with Gasteiger partial charge in [0.2, 0.25) is 0 Å². The Morgan fingerprint density at radius 2 is 2.10 bits per heavy atom. The Hall–Kier alpha value is -2.46. The third-order valence-electron chi connectivity index (χ3n) is 3.13. The van der Waals surface area contributed by atoms with Crippen molar-refractivity contribution in [3.63, 3.8) is 0 Å². The lowest BCUT2D eigenvalue weighted by Crippen LogP contribution is -2.00. The van der Waals surface area contributed by atoms with E-state index in [1.165, 1.54) is 0 Å². The van der Waals surface area contributed by atoms with Crippen LogP contribution in [0.25, 0.3) is 10.9 Å². The number of hydrogen-bond acceptors (Lipinski definition) is 4. The number of rotatable bonds is 3. The van der Waals surface area contributed by atoms with Gasteiger partial charge in [-0.2, -0.15) is 5.10 Å². The number of halogens is 1. The molecule has 0 spiro atoms. The molecule has 2 aromatic heterocycles. The van der Waals surface area contributed by atoms with E-state index in [1.54, 1.807) is 18.6 Å². The van der Waals surface area contributed by atoms with Gasteiger partial charge in [-0.1, -0.05) is 17.7 Å². The molecule has 0 fully saturated rings. The van der Waals surface area contributed by atoms with Crippen LogP contribution in [0.3, 0.4) is 0 Å². The Balaban J connectivity index is 1.92. The molecular formula is C16H13ClN4. The summed E-state index contributed by atoms with van der Waals surface area (Å²) in [6.45, 7) is 1.93. The molecular weight excluding hydrogens is 284 g/mol. The van der Waals surface area contributed by atoms with Crippen molar-refractivity contribution < 1.29 is 0 Å². The van der Waals surface area contributed by atoms with Crippen molar-refractivity contribution in [2.75, 3.05) is 5.43 Å². The molecule has 2 heterocycles. The SMILES string of the molecule is CC(=NNc1ccnc2cc(Cl)ccc12)c1cccnc1. The lowest BCUT2D eigenvalue weighted by Gasteiger charge is -2.07. The van der Waals surface area contributed by atoms with Crippen molar-refractivity contribution in [1.82, 2.24) is 9.97 Å². The molecule has 3 rings (SSSR count). The molecule has 4 nitrogen and oxygen atoms in total. The number of pyridine rings is 2. The first-order valence-corrected chi connectivity index (χ1v) is 6.87. The number of benzene rings is 1. The van der Waals surface area contributed by atoms with Gasteiger partial charge in [0.05, 0.1) is 16.9 Å². The summed E-state index contributed by atoms with van der Waals surface area (Å²) in [7, 11) is 0. The third-order valence-corrected chi connectivity index (χ3v) is 3.36. The summed E-state index contributed by atoms with van der Waals surface area (Å²) >= 11 is 5.98. The predicted molar refractivity (Wildman–Crippen MR) is 86.8 cm³/mol. The number of hydrogen-bond donors (Lipinski definition) is 1. The fourth-order valence-electron chi connectivity index (χ4n) is 2.00. The van der Waals surface area contributed by atoms with E-state index >= 15 is 0 Å². The van der Waals surface area contributed by atoms with E-state index in [1.807, 2.05) is 43.3 Å². The summed E-state index contributed by atoms with van der Waals surface area (Å²) in [5.74, 6) is 0. The molecule has 0 saturated carbocycles. The topological polar surface area (TPSA) is 50.2 Å². The van der Waals surface area contributed by atoms with Crippen molar-refractivity contribution in [2.45, 2.75) is 6.92 Å². The van der Waals surface area contributed by atoms with Gasteiger partial charge in [0.25, 0.3) is 0 Å². The van der Waals surface area contributed by atoms with Crippen LogP contribution < -0.4 is 5.43 Å². The number of nitrogens with one attached hydrogen (secondary N) is 1. The summed E-state index contributed by atoms with van der Waals surface area (Å²) in [6.07, 6.45) is 5.26. The summed E-state index contributed by atoms with van der Waals surface area (Å²) < 4.78 is 0. The lowest BCUT2D eigenvalue weighted by atomic mass is 10.2. The van der Waals surface area contributed by atoms with Gasteiger partial charge in [0.1, 0.15) is 0 Å². The first kappa shape index (κ1) is 13.5. The molecule has 0 amide bonds. The van der Waals surface area contributed by atoms with Gasteiger partial charge in [-0.05, 0) is 37.3 Å². The minimum absolute atomic E-state index is 0.669. The van der Waals surface area contributed by atoms with Gasteiger partial charge >= 0.3 is 0 Å². The van der Waals surface area contributed by atoms with Crippen LogP contribution in [0, 0.1) is 0 Å². The summed E-state index contributed by atoms with van der Waals surface area (Å²) in [4.78, 5) is 8.39. The minimum atomic E-state index is 0.669. The normalized spacial score (nSPS) is 11.6. The maximum absolute atomic E-state index is 5.98. The maximum Gasteiger partial charge on any atom is 0.0738 e. The van der Waals surface area contributed by atoms with Crippen molar-refractivity contribution in [3.8, 4) is 0 Å². The highest BCUT2D eigenvalue weighted by Gasteiger charge is 2.02. The number of hydrazone groups is 1. The van der Waals surface area contributed by atoms with Crippen molar-refractivity contribution in [3.05, 3.63) is 65.6 Å². The van der Waals surface area contributed by atoms with E-state index < -0.39 is 0 Å². The average molecular weight is 297 g/mol. The highest BCUT2D eigenvalue weighted by atomic mass is 35.5. The van der Waals surface area contributed by atoms with Crippen LogP contribution >= 0.6 is 11.6 Å². The zero-order valence-corrected chi connectivity index (χ0v) is 12.2. The summed E-state index contributed by atoms with van der Waals surface area (Å²) in [5, 5.41) is 6.05. The Bertz CT molecular complexity index is 800. The highest BCUT2D eigenvalue weighted by Crippen LogP contribution is 2.24. The van der Waals surface area contributed by atoms with Gasteiger partial charge < -0.3 is 0 Å². The molecule has 0 bridgehead atoms. The smallest absolute Gasteiger partial charge is 0.0738 e. The number of anilines is 1. The van der Waals surface area contributed by atoms with Gasteiger partial charge in [-0.15, -0.1) is 0 Å². The number of nitrogens with zero attached hydrogens (tertiary/aromatic N) is 3. The fourth-order valence-corrected chi connectivity index (χ4v) is 2.17. The molecule has 0 radical (unpaired) electrons. The van der Waals surface area contributed by atoms with E-state index in [0.29, 0.717) is 5.02 Å². The van der Waals surface area contributed by atoms with Crippen LogP contribution in [0.2, 0.25) is 5.02 Å². The second-order valence-corrected chi connectivity index (χ2v) is 5.01. The molecule has 0 saturated heterocycles. The molecule has 5 heteroatoms. The van der Waals surface area contributed by atoms with Gasteiger partial charge in [-0.3, -0.25) is 15.4 Å². The van der Waals surface area contributed by atoms with Crippen molar-refractivity contribution in [2.24, 2.45) is 5.10 Å². The fraction of sp³-hybridized carbons (Fsp3) is 0.0625. The molecule has 1 N–H and O–H groups in total. The van der Waals surface area contributed by atoms with E-state index in [0.717, 1.165) is 27.9 Å². The quantitative estimate of drug-likeness (QED) is 0.584. The molecule has 0 aliphatic carbocycles. The Labute approximate surface area is 127 Å². The average Bonchev–Trinajstić information content (AvgIpc) is 2.53. The molecule has 104 valence electrons. The first-order valence-electron chi connectivity index (χ1n) is 6.49. The molecule has 0 aliphatic heterocycles. The van der Waals surface area contributed by atoms with E-state index in [9.17, 15) is 0 Å². The van der Waals surface area contributed by atoms with Crippen molar-refractivity contribution in [1.29, 1.82) is 0 Å². The molecule has 0 aliphatic rings. The lowest BCUT2D eigenvalue weighted by molar-refractivity contribution is 1.28. The molecule has 1 aromatic carbocycles. The molecule has 0 unspecified atom stereocenters. The minimum Gasteiger partial charge on any atom is -0.277 e. The standard InChI is InChI=1S/C16H13ClN4/c1-11(12-3-2-7-18-10-12)20-21-15-6-8-19-16-9-13(17)4-5-14(15)16/h2-10H,1H3,(H,19,21).